The Morgan fingerprint density at radius 2 is 1.76 bits per heavy atom. The molecule has 6 nitrogen and oxygen atoms in total. The predicted molar refractivity (Wildman–Crippen MR) is 84.4 cm³/mol. The van der Waals surface area contributed by atoms with E-state index in [0.29, 0.717) is 11.4 Å². The molecule has 0 spiro atoms. The molecule has 0 aliphatic heterocycles. The first kappa shape index (κ1) is 19.2. The number of halogens is 1. The van der Waals surface area contributed by atoms with E-state index in [4.69, 9.17) is 16.2 Å². The van der Waals surface area contributed by atoms with Crippen LogP contribution in [0.5, 0.6) is 5.75 Å². The molecule has 0 saturated heterocycles. The first-order chi connectivity index (χ1) is 9.20. The number of rotatable bonds is 5. The van der Waals surface area contributed by atoms with Crippen LogP contribution in [-0.2, 0) is 9.59 Å². The fourth-order valence-corrected chi connectivity index (χ4v) is 1.40. The minimum Gasteiger partial charge on any atom is -0.484 e. The normalized spacial score (nSPS) is 12.0. The van der Waals surface area contributed by atoms with Gasteiger partial charge in [0.1, 0.15) is 5.75 Å². The van der Waals surface area contributed by atoms with Gasteiger partial charge in [-0.25, -0.2) is 0 Å². The standard InChI is InChI=1S/C14H21N3O3.ClH/c1-14(2,3)12(16)13(19)17-9-4-6-10(7-5-9)20-8-11(15)18;/h4-7,12H,8,16H2,1-3H3,(H2,15,18)(H,17,19);1H/t12-;/m1./s1. The summed E-state index contributed by atoms with van der Waals surface area (Å²) < 4.78 is 5.12. The van der Waals surface area contributed by atoms with Crippen molar-refractivity contribution in [1.82, 2.24) is 0 Å². The maximum absolute atomic E-state index is 11.9. The van der Waals surface area contributed by atoms with E-state index < -0.39 is 11.9 Å². The van der Waals surface area contributed by atoms with Gasteiger partial charge in [-0.05, 0) is 29.7 Å². The molecule has 0 heterocycles. The van der Waals surface area contributed by atoms with Gasteiger partial charge in [0, 0.05) is 5.69 Å². The monoisotopic (exact) mass is 315 g/mol. The Morgan fingerprint density at radius 1 is 1.24 bits per heavy atom. The average Bonchev–Trinajstić information content (AvgIpc) is 2.35. The van der Waals surface area contributed by atoms with E-state index in [1.807, 2.05) is 20.8 Å². The molecule has 0 aromatic heterocycles. The van der Waals surface area contributed by atoms with E-state index in [1.54, 1.807) is 24.3 Å². The van der Waals surface area contributed by atoms with Gasteiger partial charge >= 0.3 is 0 Å². The van der Waals surface area contributed by atoms with Gasteiger partial charge in [-0.1, -0.05) is 20.8 Å². The number of hydrogen-bond acceptors (Lipinski definition) is 4. The summed E-state index contributed by atoms with van der Waals surface area (Å²) in [6, 6.07) is 6.02. The van der Waals surface area contributed by atoms with Gasteiger partial charge in [0.25, 0.3) is 5.91 Å². The van der Waals surface area contributed by atoms with Crippen molar-refractivity contribution in [2.45, 2.75) is 26.8 Å². The van der Waals surface area contributed by atoms with E-state index in [1.165, 1.54) is 0 Å². The molecule has 0 fully saturated rings. The van der Waals surface area contributed by atoms with Gasteiger partial charge in [-0.3, -0.25) is 9.59 Å². The highest BCUT2D eigenvalue weighted by Crippen LogP contribution is 2.20. The second-order valence-corrected chi connectivity index (χ2v) is 5.61. The Balaban J connectivity index is 0.00000400. The van der Waals surface area contributed by atoms with Gasteiger partial charge in [0.2, 0.25) is 5.91 Å². The summed E-state index contributed by atoms with van der Waals surface area (Å²) in [5.41, 5.74) is 11.1. The molecule has 0 saturated carbocycles. The van der Waals surface area contributed by atoms with E-state index in [2.05, 4.69) is 5.32 Å². The van der Waals surface area contributed by atoms with Crippen LogP contribution < -0.4 is 21.5 Å². The maximum Gasteiger partial charge on any atom is 0.255 e. The lowest BCUT2D eigenvalue weighted by Gasteiger charge is -2.25. The lowest BCUT2D eigenvalue weighted by molar-refractivity contribution is -0.120. The number of ether oxygens (including phenoxy) is 1. The highest BCUT2D eigenvalue weighted by molar-refractivity contribution is 5.95. The lowest BCUT2D eigenvalue weighted by atomic mass is 9.87. The van der Waals surface area contributed by atoms with Crippen LogP contribution >= 0.6 is 12.4 Å². The Bertz CT molecular complexity index is 483. The Kier molecular flexibility index (Phi) is 7.18. The minimum absolute atomic E-state index is 0. The summed E-state index contributed by atoms with van der Waals surface area (Å²) >= 11 is 0. The van der Waals surface area contributed by atoms with Crippen molar-refractivity contribution < 1.29 is 14.3 Å². The van der Waals surface area contributed by atoms with Crippen LogP contribution in [0.4, 0.5) is 5.69 Å². The molecule has 0 radical (unpaired) electrons. The molecule has 5 N–H and O–H groups in total. The average molecular weight is 316 g/mol. The number of benzene rings is 1. The second kappa shape index (κ2) is 7.85. The van der Waals surface area contributed by atoms with Gasteiger partial charge < -0.3 is 21.5 Å². The van der Waals surface area contributed by atoms with E-state index >= 15 is 0 Å². The first-order valence-electron chi connectivity index (χ1n) is 6.28. The smallest absolute Gasteiger partial charge is 0.255 e. The molecule has 2 amide bonds. The summed E-state index contributed by atoms with van der Waals surface area (Å²) in [6.45, 7) is 5.52. The van der Waals surface area contributed by atoms with Gasteiger partial charge in [0.15, 0.2) is 6.61 Å². The molecule has 1 aromatic rings. The van der Waals surface area contributed by atoms with E-state index in [-0.39, 0.29) is 30.3 Å². The van der Waals surface area contributed by atoms with E-state index in [9.17, 15) is 9.59 Å². The first-order valence-corrected chi connectivity index (χ1v) is 6.28. The van der Waals surface area contributed by atoms with Crippen molar-refractivity contribution in [3.05, 3.63) is 24.3 Å². The molecule has 0 bridgehead atoms. The quantitative estimate of drug-likeness (QED) is 0.760. The third-order valence-electron chi connectivity index (χ3n) is 2.72. The molecule has 21 heavy (non-hydrogen) atoms. The number of nitrogens with two attached hydrogens (primary N) is 2. The summed E-state index contributed by atoms with van der Waals surface area (Å²) in [5.74, 6) is -0.288. The molecule has 1 atom stereocenters. The summed E-state index contributed by atoms with van der Waals surface area (Å²) in [6.07, 6.45) is 0. The van der Waals surface area contributed by atoms with Crippen molar-refractivity contribution in [2.75, 3.05) is 11.9 Å². The van der Waals surface area contributed by atoms with Crippen LogP contribution in [0.2, 0.25) is 0 Å². The molecule has 0 unspecified atom stereocenters. The van der Waals surface area contributed by atoms with Crippen molar-refractivity contribution >= 4 is 29.9 Å². The van der Waals surface area contributed by atoms with Crippen molar-refractivity contribution in [1.29, 1.82) is 0 Å². The number of carbonyl (C=O) groups excluding carboxylic acids is 2. The number of anilines is 1. The number of primary amides is 1. The van der Waals surface area contributed by atoms with Crippen molar-refractivity contribution in [2.24, 2.45) is 16.9 Å². The molecule has 1 rings (SSSR count). The molecular weight excluding hydrogens is 294 g/mol. The number of amides is 2. The van der Waals surface area contributed by atoms with Gasteiger partial charge in [-0.2, -0.15) is 0 Å². The number of hydrogen-bond donors (Lipinski definition) is 3. The molecule has 0 aliphatic rings. The number of carbonyl (C=O) groups is 2. The third kappa shape index (κ3) is 6.46. The fraction of sp³-hybridized carbons (Fsp3) is 0.429. The van der Waals surface area contributed by atoms with Crippen LogP contribution in [0.3, 0.4) is 0 Å². The zero-order chi connectivity index (χ0) is 15.3. The van der Waals surface area contributed by atoms with Crippen LogP contribution in [0.15, 0.2) is 24.3 Å². The SMILES string of the molecule is CC(C)(C)[C@H](N)C(=O)Nc1ccc(OCC(N)=O)cc1.Cl. The van der Waals surface area contributed by atoms with Crippen LogP contribution in [-0.4, -0.2) is 24.5 Å². The molecular formula is C14H22ClN3O3. The predicted octanol–water partition coefficient (Wildman–Crippen LogP) is 1.28. The fourth-order valence-electron chi connectivity index (χ4n) is 1.40. The maximum atomic E-state index is 11.9. The zero-order valence-corrected chi connectivity index (χ0v) is 13.2. The van der Waals surface area contributed by atoms with E-state index in [0.717, 1.165) is 0 Å². The van der Waals surface area contributed by atoms with Crippen LogP contribution in [0, 0.1) is 5.41 Å². The molecule has 7 heteroatoms. The molecule has 0 aliphatic carbocycles. The summed E-state index contributed by atoms with van der Waals surface area (Å²) in [7, 11) is 0. The van der Waals surface area contributed by atoms with Crippen molar-refractivity contribution in [3.63, 3.8) is 0 Å². The number of nitrogens with one attached hydrogen (secondary N) is 1. The zero-order valence-electron chi connectivity index (χ0n) is 12.4. The Morgan fingerprint density at radius 3 is 2.19 bits per heavy atom. The van der Waals surface area contributed by atoms with Gasteiger partial charge in [-0.15, -0.1) is 12.4 Å². The summed E-state index contributed by atoms with van der Waals surface area (Å²) in [4.78, 5) is 22.5. The highest BCUT2D eigenvalue weighted by Gasteiger charge is 2.27. The van der Waals surface area contributed by atoms with Gasteiger partial charge in [0.05, 0.1) is 6.04 Å². The van der Waals surface area contributed by atoms with Crippen molar-refractivity contribution in [3.8, 4) is 5.75 Å². The molecule has 118 valence electrons. The largest absolute Gasteiger partial charge is 0.484 e. The Hall–Kier alpha value is -1.79. The minimum atomic E-state index is -0.603. The summed E-state index contributed by atoms with van der Waals surface area (Å²) in [5, 5.41) is 2.73. The topological polar surface area (TPSA) is 107 Å². The molecule has 1 aromatic carbocycles. The third-order valence-corrected chi connectivity index (χ3v) is 2.72. The lowest BCUT2D eigenvalue weighted by Crippen LogP contribution is -2.45. The van der Waals surface area contributed by atoms with Crippen LogP contribution in [0.1, 0.15) is 20.8 Å². The Labute approximate surface area is 130 Å². The van der Waals surface area contributed by atoms with Crippen LogP contribution in [0.25, 0.3) is 0 Å². The second-order valence-electron chi connectivity index (χ2n) is 5.61. The highest BCUT2D eigenvalue weighted by atomic mass is 35.5.